The van der Waals surface area contributed by atoms with Gasteiger partial charge in [0.25, 0.3) is 0 Å². The molecule has 25 heavy (non-hydrogen) atoms. The number of ether oxygens (including phenoxy) is 2. The van der Waals surface area contributed by atoms with Gasteiger partial charge in [-0.05, 0) is 52.5 Å². The van der Waals surface area contributed by atoms with Gasteiger partial charge in [-0.15, -0.1) is 0 Å². The standard InChI is InChI=1S/C21H31NO3/c1-20(2)14-18(21(3,4)25-20)22(15-16-8-6-5-7-9-16)19(23)17-10-12-24-13-11-17/h5-9,17-18H,10-15H2,1-4H3/t18-/m0/s1. The number of benzene rings is 1. The van der Waals surface area contributed by atoms with Crippen molar-refractivity contribution in [1.82, 2.24) is 4.90 Å². The summed E-state index contributed by atoms with van der Waals surface area (Å²) < 4.78 is 11.7. The maximum absolute atomic E-state index is 13.4. The fraction of sp³-hybridized carbons (Fsp3) is 0.667. The molecule has 2 aliphatic rings. The van der Waals surface area contributed by atoms with E-state index < -0.39 is 0 Å². The molecule has 4 heteroatoms. The second kappa shape index (κ2) is 7.08. The number of amides is 1. The predicted molar refractivity (Wildman–Crippen MR) is 98.2 cm³/mol. The third-order valence-corrected chi connectivity index (χ3v) is 5.45. The van der Waals surface area contributed by atoms with Gasteiger partial charge in [0, 0.05) is 25.7 Å². The molecule has 2 saturated heterocycles. The van der Waals surface area contributed by atoms with Crippen molar-refractivity contribution < 1.29 is 14.3 Å². The van der Waals surface area contributed by atoms with Crippen molar-refractivity contribution in [3.05, 3.63) is 35.9 Å². The van der Waals surface area contributed by atoms with Gasteiger partial charge < -0.3 is 14.4 Å². The number of hydrogen-bond acceptors (Lipinski definition) is 3. The van der Waals surface area contributed by atoms with Gasteiger partial charge in [0.2, 0.25) is 5.91 Å². The van der Waals surface area contributed by atoms with Crippen LogP contribution in [0, 0.1) is 5.92 Å². The van der Waals surface area contributed by atoms with Crippen LogP contribution in [0.2, 0.25) is 0 Å². The summed E-state index contributed by atoms with van der Waals surface area (Å²) in [5.41, 5.74) is 0.612. The van der Waals surface area contributed by atoms with Crippen LogP contribution < -0.4 is 0 Å². The van der Waals surface area contributed by atoms with Crippen LogP contribution in [-0.4, -0.2) is 41.3 Å². The lowest BCUT2D eigenvalue weighted by Gasteiger charge is -2.39. The fourth-order valence-corrected chi connectivity index (χ4v) is 4.32. The van der Waals surface area contributed by atoms with Crippen LogP contribution in [0.25, 0.3) is 0 Å². The fourth-order valence-electron chi connectivity index (χ4n) is 4.32. The number of rotatable bonds is 4. The Balaban J connectivity index is 1.87. The zero-order valence-corrected chi connectivity index (χ0v) is 16.0. The minimum absolute atomic E-state index is 0.0666. The molecule has 2 fully saturated rings. The third-order valence-electron chi connectivity index (χ3n) is 5.45. The van der Waals surface area contributed by atoms with Gasteiger partial charge in [-0.2, -0.15) is 0 Å². The molecular formula is C21H31NO3. The first-order valence-electron chi connectivity index (χ1n) is 9.41. The van der Waals surface area contributed by atoms with E-state index in [1.54, 1.807) is 0 Å². The first-order valence-corrected chi connectivity index (χ1v) is 9.41. The molecule has 0 aromatic heterocycles. The Morgan fingerprint density at radius 1 is 1.12 bits per heavy atom. The van der Waals surface area contributed by atoms with Gasteiger partial charge in [-0.25, -0.2) is 0 Å². The summed E-state index contributed by atoms with van der Waals surface area (Å²) in [6.07, 6.45) is 2.50. The third kappa shape index (κ3) is 4.24. The van der Waals surface area contributed by atoms with E-state index in [1.165, 1.54) is 5.56 Å². The van der Waals surface area contributed by atoms with Gasteiger partial charge in [0.05, 0.1) is 17.2 Å². The molecule has 1 atom stereocenters. The number of hydrogen-bond donors (Lipinski definition) is 0. The average Bonchev–Trinajstić information content (AvgIpc) is 2.81. The summed E-state index contributed by atoms with van der Waals surface area (Å²) in [7, 11) is 0. The summed E-state index contributed by atoms with van der Waals surface area (Å²) in [5.74, 6) is 0.323. The normalized spacial score (nSPS) is 25.7. The van der Waals surface area contributed by atoms with Crippen LogP contribution in [0.5, 0.6) is 0 Å². The lowest BCUT2D eigenvalue weighted by molar-refractivity contribution is -0.146. The van der Waals surface area contributed by atoms with Gasteiger partial charge in [0.1, 0.15) is 0 Å². The Labute approximate surface area is 151 Å². The lowest BCUT2D eigenvalue weighted by atomic mass is 9.90. The summed E-state index contributed by atoms with van der Waals surface area (Å²) in [5, 5.41) is 0. The second-order valence-corrected chi connectivity index (χ2v) is 8.52. The maximum atomic E-state index is 13.4. The number of carbonyl (C=O) groups is 1. The molecule has 138 valence electrons. The van der Waals surface area contributed by atoms with E-state index in [0.29, 0.717) is 19.8 Å². The summed E-state index contributed by atoms with van der Waals surface area (Å²) in [6.45, 7) is 10.5. The van der Waals surface area contributed by atoms with Crippen molar-refractivity contribution in [2.45, 2.75) is 70.7 Å². The molecule has 0 saturated carbocycles. The molecule has 1 amide bonds. The highest BCUT2D eigenvalue weighted by molar-refractivity contribution is 5.79. The first kappa shape index (κ1) is 18.4. The molecule has 0 radical (unpaired) electrons. The smallest absolute Gasteiger partial charge is 0.226 e. The Bertz CT molecular complexity index is 590. The molecule has 0 bridgehead atoms. The molecular weight excluding hydrogens is 314 g/mol. The highest BCUT2D eigenvalue weighted by atomic mass is 16.5. The van der Waals surface area contributed by atoms with Crippen molar-refractivity contribution in [3.63, 3.8) is 0 Å². The minimum atomic E-state index is -0.348. The van der Waals surface area contributed by atoms with Gasteiger partial charge in [-0.3, -0.25) is 4.79 Å². The maximum Gasteiger partial charge on any atom is 0.226 e. The van der Waals surface area contributed by atoms with Crippen molar-refractivity contribution in [2.24, 2.45) is 5.92 Å². The number of nitrogens with zero attached hydrogens (tertiary/aromatic N) is 1. The van der Waals surface area contributed by atoms with Crippen molar-refractivity contribution in [3.8, 4) is 0 Å². The molecule has 3 rings (SSSR count). The Kier molecular flexibility index (Phi) is 5.21. The van der Waals surface area contributed by atoms with Crippen LogP contribution in [-0.2, 0) is 20.8 Å². The molecule has 1 aromatic carbocycles. The lowest BCUT2D eigenvalue weighted by Crippen LogP contribution is -2.51. The molecule has 2 heterocycles. The van der Waals surface area contributed by atoms with E-state index in [2.05, 4.69) is 44.7 Å². The van der Waals surface area contributed by atoms with E-state index in [-0.39, 0.29) is 29.1 Å². The van der Waals surface area contributed by atoms with E-state index in [9.17, 15) is 4.79 Å². The zero-order chi connectivity index (χ0) is 18.1. The Morgan fingerprint density at radius 3 is 2.32 bits per heavy atom. The highest BCUT2D eigenvalue weighted by Gasteiger charge is 2.50. The van der Waals surface area contributed by atoms with Crippen LogP contribution >= 0.6 is 0 Å². The summed E-state index contributed by atoms with van der Waals surface area (Å²) >= 11 is 0. The zero-order valence-electron chi connectivity index (χ0n) is 16.0. The Morgan fingerprint density at radius 2 is 1.76 bits per heavy atom. The first-order chi connectivity index (χ1) is 11.8. The van der Waals surface area contributed by atoms with Crippen molar-refractivity contribution in [1.29, 1.82) is 0 Å². The molecule has 0 aliphatic carbocycles. The molecule has 4 nitrogen and oxygen atoms in total. The van der Waals surface area contributed by atoms with Crippen LogP contribution in [0.3, 0.4) is 0 Å². The van der Waals surface area contributed by atoms with E-state index in [1.807, 2.05) is 18.2 Å². The average molecular weight is 345 g/mol. The molecule has 1 aromatic rings. The van der Waals surface area contributed by atoms with E-state index in [4.69, 9.17) is 9.47 Å². The minimum Gasteiger partial charge on any atom is -0.381 e. The molecule has 0 spiro atoms. The van der Waals surface area contributed by atoms with Gasteiger partial charge in [-0.1, -0.05) is 30.3 Å². The Hall–Kier alpha value is -1.39. The second-order valence-electron chi connectivity index (χ2n) is 8.52. The van der Waals surface area contributed by atoms with E-state index >= 15 is 0 Å². The van der Waals surface area contributed by atoms with E-state index in [0.717, 1.165) is 19.3 Å². The quantitative estimate of drug-likeness (QED) is 0.833. The predicted octanol–water partition coefficient (Wildman–Crippen LogP) is 3.79. The number of carbonyl (C=O) groups excluding carboxylic acids is 1. The SMILES string of the molecule is CC1(C)C[C@H](N(Cc2ccccc2)C(=O)C2CCOCC2)C(C)(C)O1. The van der Waals surface area contributed by atoms with Crippen LogP contribution in [0.15, 0.2) is 30.3 Å². The monoisotopic (exact) mass is 345 g/mol. The summed E-state index contributed by atoms with van der Waals surface area (Å²) in [6, 6.07) is 10.4. The topological polar surface area (TPSA) is 38.8 Å². The highest BCUT2D eigenvalue weighted by Crippen LogP contribution is 2.41. The van der Waals surface area contributed by atoms with Crippen LogP contribution in [0.4, 0.5) is 0 Å². The van der Waals surface area contributed by atoms with Crippen molar-refractivity contribution in [2.75, 3.05) is 13.2 Å². The summed E-state index contributed by atoms with van der Waals surface area (Å²) in [4.78, 5) is 15.5. The van der Waals surface area contributed by atoms with Gasteiger partial charge >= 0.3 is 0 Å². The molecule has 0 unspecified atom stereocenters. The van der Waals surface area contributed by atoms with Gasteiger partial charge in [0.15, 0.2) is 0 Å². The largest absolute Gasteiger partial charge is 0.381 e. The van der Waals surface area contributed by atoms with Crippen molar-refractivity contribution >= 4 is 5.91 Å². The van der Waals surface area contributed by atoms with Crippen LogP contribution in [0.1, 0.15) is 52.5 Å². The molecule has 0 N–H and O–H groups in total. The molecule has 2 aliphatic heterocycles.